The molecule has 23 heavy (non-hydrogen) atoms. The highest BCUT2D eigenvalue weighted by molar-refractivity contribution is 5.95. The molecule has 0 radical (unpaired) electrons. The zero-order chi connectivity index (χ0) is 16.6. The van der Waals surface area contributed by atoms with Crippen molar-refractivity contribution in [1.29, 1.82) is 0 Å². The second-order valence-electron chi connectivity index (χ2n) is 6.70. The Bertz CT molecular complexity index is 721. The first-order valence-electron chi connectivity index (χ1n) is 8.22. The minimum absolute atomic E-state index is 0.0284. The van der Waals surface area contributed by atoms with Crippen molar-refractivity contribution < 1.29 is 4.79 Å². The van der Waals surface area contributed by atoms with Crippen molar-refractivity contribution in [3.8, 4) is 5.69 Å². The van der Waals surface area contributed by atoms with Crippen LogP contribution in [0.2, 0.25) is 0 Å². The Morgan fingerprint density at radius 3 is 2.35 bits per heavy atom. The first-order chi connectivity index (χ1) is 11.0. The second kappa shape index (κ2) is 6.20. The molecular weight excluding hydrogens is 286 g/mol. The van der Waals surface area contributed by atoms with Gasteiger partial charge in [0.25, 0.3) is 5.91 Å². The lowest BCUT2D eigenvalue weighted by molar-refractivity contribution is 0.0941. The summed E-state index contributed by atoms with van der Waals surface area (Å²) in [7, 11) is 0. The van der Waals surface area contributed by atoms with E-state index in [0.29, 0.717) is 5.92 Å². The minimum Gasteiger partial charge on any atom is -0.352 e. The fourth-order valence-corrected chi connectivity index (χ4v) is 3.29. The summed E-state index contributed by atoms with van der Waals surface area (Å²) in [6.45, 7) is 11.0. The number of nitrogens with one attached hydrogen (secondary N) is 2. The molecule has 122 valence electrons. The van der Waals surface area contributed by atoms with Crippen LogP contribution in [0.4, 0.5) is 0 Å². The van der Waals surface area contributed by atoms with Crippen LogP contribution in [0, 0.1) is 33.6 Å². The molecule has 4 nitrogen and oxygen atoms in total. The fraction of sp³-hybridized carbons (Fsp3) is 0.421. The lowest BCUT2D eigenvalue weighted by Gasteiger charge is -2.27. The number of amides is 1. The molecule has 0 spiro atoms. The van der Waals surface area contributed by atoms with E-state index >= 15 is 0 Å². The van der Waals surface area contributed by atoms with E-state index in [0.717, 1.165) is 42.3 Å². The number of rotatable bonds is 4. The first kappa shape index (κ1) is 15.8. The number of carbonyl (C=O) groups is 1. The summed E-state index contributed by atoms with van der Waals surface area (Å²) in [6.07, 6.45) is 0. The number of aryl methyl sites for hydroxylation is 3. The van der Waals surface area contributed by atoms with Crippen LogP contribution in [0.5, 0.6) is 0 Å². The van der Waals surface area contributed by atoms with Crippen molar-refractivity contribution in [2.24, 2.45) is 5.92 Å². The normalized spacial score (nSPS) is 14.6. The number of nitrogens with zero attached hydrogens (tertiary/aromatic N) is 1. The van der Waals surface area contributed by atoms with E-state index in [1.54, 1.807) is 0 Å². The van der Waals surface area contributed by atoms with Gasteiger partial charge < -0.3 is 15.2 Å². The van der Waals surface area contributed by atoms with Crippen molar-refractivity contribution >= 4 is 5.91 Å². The topological polar surface area (TPSA) is 46.1 Å². The fourth-order valence-electron chi connectivity index (χ4n) is 3.29. The molecule has 3 rings (SSSR count). The van der Waals surface area contributed by atoms with Gasteiger partial charge in [0.1, 0.15) is 0 Å². The van der Waals surface area contributed by atoms with Gasteiger partial charge in [0.2, 0.25) is 0 Å². The van der Waals surface area contributed by atoms with Gasteiger partial charge in [-0.1, -0.05) is 6.07 Å². The van der Waals surface area contributed by atoms with E-state index < -0.39 is 0 Å². The predicted molar refractivity (Wildman–Crippen MR) is 93.4 cm³/mol. The molecule has 2 heterocycles. The van der Waals surface area contributed by atoms with Gasteiger partial charge in [-0.15, -0.1) is 0 Å². The van der Waals surface area contributed by atoms with Crippen LogP contribution < -0.4 is 10.6 Å². The van der Waals surface area contributed by atoms with Crippen LogP contribution >= 0.6 is 0 Å². The highest BCUT2D eigenvalue weighted by Gasteiger charge is 2.20. The monoisotopic (exact) mass is 311 g/mol. The highest BCUT2D eigenvalue weighted by Crippen LogP contribution is 2.22. The van der Waals surface area contributed by atoms with Crippen molar-refractivity contribution in [1.82, 2.24) is 15.2 Å². The molecule has 0 bridgehead atoms. The van der Waals surface area contributed by atoms with Gasteiger partial charge >= 0.3 is 0 Å². The van der Waals surface area contributed by atoms with Crippen LogP contribution in [-0.4, -0.2) is 30.1 Å². The molecule has 0 atom stereocenters. The van der Waals surface area contributed by atoms with Gasteiger partial charge in [-0.3, -0.25) is 4.79 Å². The van der Waals surface area contributed by atoms with Crippen molar-refractivity contribution in [2.75, 3.05) is 19.6 Å². The third-order valence-electron chi connectivity index (χ3n) is 4.56. The molecule has 0 saturated carbocycles. The van der Waals surface area contributed by atoms with E-state index in [4.69, 9.17) is 0 Å². The molecule has 0 unspecified atom stereocenters. The Balaban J connectivity index is 1.87. The molecule has 2 aromatic rings. The van der Waals surface area contributed by atoms with Crippen molar-refractivity contribution in [3.05, 3.63) is 52.3 Å². The summed E-state index contributed by atoms with van der Waals surface area (Å²) in [6, 6.07) is 8.47. The molecule has 1 aliphatic heterocycles. The first-order valence-corrected chi connectivity index (χ1v) is 8.22. The largest absolute Gasteiger partial charge is 0.352 e. The molecule has 0 aliphatic carbocycles. The Kier molecular flexibility index (Phi) is 4.26. The molecule has 1 saturated heterocycles. The van der Waals surface area contributed by atoms with Gasteiger partial charge in [-0.05, 0) is 57.0 Å². The number of aromatic nitrogens is 1. The van der Waals surface area contributed by atoms with E-state index in [1.165, 1.54) is 11.1 Å². The zero-order valence-electron chi connectivity index (χ0n) is 14.4. The maximum Gasteiger partial charge on any atom is 0.253 e. The van der Waals surface area contributed by atoms with Crippen LogP contribution in [0.1, 0.15) is 32.9 Å². The summed E-state index contributed by atoms with van der Waals surface area (Å²) in [5.74, 6) is 0.600. The molecule has 4 heteroatoms. The Hall–Kier alpha value is -2.07. The molecule has 1 aliphatic rings. The highest BCUT2D eigenvalue weighted by atomic mass is 16.1. The minimum atomic E-state index is 0.0284. The lowest BCUT2D eigenvalue weighted by Crippen LogP contribution is -2.48. The smallest absolute Gasteiger partial charge is 0.253 e. The van der Waals surface area contributed by atoms with Crippen LogP contribution in [0.15, 0.2) is 24.3 Å². The van der Waals surface area contributed by atoms with Crippen LogP contribution in [0.3, 0.4) is 0 Å². The number of carbonyl (C=O) groups excluding carboxylic acids is 1. The molecule has 1 aromatic heterocycles. The Labute approximate surface area is 137 Å². The second-order valence-corrected chi connectivity index (χ2v) is 6.70. The van der Waals surface area contributed by atoms with Crippen LogP contribution in [0.25, 0.3) is 5.69 Å². The maximum atomic E-state index is 12.5. The third-order valence-corrected chi connectivity index (χ3v) is 4.56. The van der Waals surface area contributed by atoms with Crippen molar-refractivity contribution in [3.63, 3.8) is 0 Å². The van der Waals surface area contributed by atoms with Gasteiger partial charge in [0, 0.05) is 42.6 Å². The molecule has 1 amide bonds. The number of hydrogen-bond donors (Lipinski definition) is 2. The molecular formula is C19H25N3O. The predicted octanol–water partition coefficient (Wildman–Crippen LogP) is 2.66. The summed E-state index contributed by atoms with van der Waals surface area (Å²) < 4.78 is 2.17. The van der Waals surface area contributed by atoms with E-state index in [9.17, 15) is 4.79 Å². The summed E-state index contributed by atoms with van der Waals surface area (Å²) >= 11 is 0. The van der Waals surface area contributed by atoms with Crippen molar-refractivity contribution in [2.45, 2.75) is 27.7 Å². The lowest BCUT2D eigenvalue weighted by atomic mass is 10.0. The Morgan fingerprint density at radius 1 is 1.13 bits per heavy atom. The average molecular weight is 311 g/mol. The molecule has 2 N–H and O–H groups in total. The van der Waals surface area contributed by atoms with Gasteiger partial charge in [-0.25, -0.2) is 0 Å². The third kappa shape index (κ3) is 3.17. The van der Waals surface area contributed by atoms with Gasteiger partial charge in [0.15, 0.2) is 0 Å². The standard InChI is InChI=1S/C19H25N3O/c1-12-5-13(2)7-17(6-12)22-14(3)8-18(15(22)4)19(23)21-11-16-9-20-10-16/h5-8,16,20H,9-11H2,1-4H3,(H,21,23). The number of benzene rings is 1. The summed E-state index contributed by atoms with van der Waals surface area (Å²) in [4.78, 5) is 12.5. The SMILES string of the molecule is Cc1cc(C)cc(-n2c(C)cc(C(=O)NCC3CNC3)c2C)c1. The quantitative estimate of drug-likeness (QED) is 0.912. The summed E-state index contributed by atoms with van der Waals surface area (Å²) in [5, 5.41) is 6.29. The van der Waals surface area contributed by atoms with E-state index in [2.05, 4.69) is 54.2 Å². The zero-order valence-corrected chi connectivity index (χ0v) is 14.4. The number of hydrogen-bond acceptors (Lipinski definition) is 2. The van der Waals surface area contributed by atoms with Crippen LogP contribution in [-0.2, 0) is 0 Å². The molecule has 1 fully saturated rings. The van der Waals surface area contributed by atoms with Gasteiger partial charge in [0.05, 0.1) is 5.56 Å². The molecule has 1 aromatic carbocycles. The van der Waals surface area contributed by atoms with E-state index in [1.807, 2.05) is 13.0 Å². The summed E-state index contributed by atoms with van der Waals surface area (Å²) in [5.41, 5.74) is 6.44. The van der Waals surface area contributed by atoms with E-state index in [-0.39, 0.29) is 5.91 Å². The Morgan fingerprint density at radius 2 is 1.78 bits per heavy atom. The van der Waals surface area contributed by atoms with Gasteiger partial charge in [-0.2, -0.15) is 0 Å². The average Bonchev–Trinajstić information content (AvgIpc) is 2.71. The maximum absolute atomic E-state index is 12.5.